The van der Waals surface area contributed by atoms with Crippen LogP contribution >= 0.6 is 0 Å². The van der Waals surface area contributed by atoms with Gasteiger partial charge in [0.1, 0.15) is 5.82 Å². The summed E-state index contributed by atoms with van der Waals surface area (Å²) < 4.78 is 13.1. The molecule has 2 heteroatoms. The van der Waals surface area contributed by atoms with Gasteiger partial charge in [-0.3, -0.25) is 0 Å². The number of H-pyrrole nitrogens is 1. The van der Waals surface area contributed by atoms with Crippen LogP contribution in [0.4, 0.5) is 4.39 Å². The molecule has 1 N–H and O–H groups in total. The van der Waals surface area contributed by atoms with E-state index in [1.54, 1.807) is 0 Å². The van der Waals surface area contributed by atoms with E-state index in [-0.39, 0.29) is 5.82 Å². The van der Waals surface area contributed by atoms with E-state index in [1.165, 1.54) is 39.5 Å². The van der Waals surface area contributed by atoms with E-state index in [2.05, 4.69) is 49.2 Å². The van der Waals surface area contributed by atoms with Crippen LogP contribution < -0.4 is 0 Å². The topological polar surface area (TPSA) is 15.8 Å². The molecular formula is C20H16FN. The molecule has 22 heavy (non-hydrogen) atoms. The Labute approximate surface area is 128 Å². The molecule has 1 heterocycles. The lowest BCUT2D eigenvalue weighted by molar-refractivity contribution is 0.628. The lowest BCUT2D eigenvalue weighted by Crippen LogP contribution is -1.80. The Morgan fingerprint density at radius 1 is 0.773 bits per heavy atom. The first-order valence-corrected chi connectivity index (χ1v) is 7.41. The summed E-state index contributed by atoms with van der Waals surface area (Å²) in [6.07, 6.45) is 0. The summed E-state index contributed by atoms with van der Waals surface area (Å²) in [4.78, 5) is 3.51. The zero-order chi connectivity index (χ0) is 15.3. The van der Waals surface area contributed by atoms with E-state index in [9.17, 15) is 4.39 Å². The minimum absolute atomic E-state index is 0.205. The van der Waals surface area contributed by atoms with E-state index in [0.29, 0.717) is 0 Å². The second-order valence-electron chi connectivity index (χ2n) is 5.84. The van der Waals surface area contributed by atoms with E-state index in [0.717, 1.165) is 16.6 Å². The van der Waals surface area contributed by atoms with Crippen molar-refractivity contribution in [3.05, 3.63) is 71.5 Å². The standard InChI is InChI=1S/C20H16FN/c1-12-3-4-13(2)20-19(12)17-11-15(7-10-18(17)22-20)14-5-8-16(21)9-6-14/h3-11,22H,1-2H3. The van der Waals surface area contributed by atoms with Gasteiger partial charge in [0.2, 0.25) is 0 Å². The van der Waals surface area contributed by atoms with Crippen LogP contribution in [0.2, 0.25) is 0 Å². The molecule has 3 aromatic carbocycles. The van der Waals surface area contributed by atoms with Crippen LogP contribution in [-0.2, 0) is 0 Å². The van der Waals surface area contributed by atoms with E-state index in [1.807, 2.05) is 12.1 Å². The van der Waals surface area contributed by atoms with Crippen molar-refractivity contribution in [2.24, 2.45) is 0 Å². The van der Waals surface area contributed by atoms with Crippen LogP contribution in [0.25, 0.3) is 32.9 Å². The molecule has 0 saturated carbocycles. The first-order valence-electron chi connectivity index (χ1n) is 7.41. The molecule has 0 unspecified atom stereocenters. The lowest BCUT2D eigenvalue weighted by atomic mass is 10.0. The summed E-state index contributed by atoms with van der Waals surface area (Å²) in [5.74, 6) is -0.205. The minimum atomic E-state index is -0.205. The molecule has 108 valence electrons. The molecular weight excluding hydrogens is 273 g/mol. The van der Waals surface area contributed by atoms with Gasteiger partial charge in [-0.25, -0.2) is 4.39 Å². The number of aromatic amines is 1. The van der Waals surface area contributed by atoms with Crippen molar-refractivity contribution in [3.63, 3.8) is 0 Å². The second-order valence-corrected chi connectivity index (χ2v) is 5.84. The summed E-state index contributed by atoms with van der Waals surface area (Å²) in [5, 5.41) is 2.50. The zero-order valence-electron chi connectivity index (χ0n) is 12.6. The first-order chi connectivity index (χ1) is 10.6. The summed E-state index contributed by atoms with van der Waals surface area (Å²) in [6.45, 7) is 4.26. The molecule has 4 rings (SSSR count). The fourth-order valence-electron chi connectivity index (χ4n) is 3.14. The number of nitrogens with one attached hydrogen (secondary N) is 1. The third-order valence-corrected chi connectivity index (χ3v) is 4.35. The number of aromatic nitrogens is 1. The van der Waals surface area contributed by atoms with Crippen LogP contribution in [-0.4, -0.2) is 4.98 Å². The molecule has 0 fully saturated rings. The summed E-state index contributed by atoms with van der Waals surface area (Å²) in [5.41, 5.74) is 6.99. The predicted octanol–water partition coefficient (Wildman–Crippen LogP) is 5.74. The number of hydrogen-bond acceptors (Lipinski definition) is 0. The fraction of sp³-hybridized carbons (Fsp3) is 0.100. The highest BCUT2D eigenvalue weighted by molar-refractivity contribution is 6.11. The van der Waals surface area contributed by atoms with Crippen LogP contribution in [0.1, 0.15) is 11.1 Å². The monoisotopic (exact) mass is 289 g/mol. The number of benzene rings is 3. The Hall–Kier alpha value is -2.61. The zero-order valence-corrected chi connectivity index (χ0v) is 12.6. The van der Waals surface area contributed by atoms with Gasteiger partial charge in [-0.1, -0.05) is 30.3 Å². The van der Waals surface area contributed by atoms with Crippen molar-refractivity contribution in [2.75, 3.05) is 0 Å². The van der Waals surface area contributed by atoms with Crippen LogP contribution in [0, 0.1) is 19.7 Å². The van der Waals surface area contributed by atoms with Crippen molar-refractivity contribution in [1.82, 2.24) is 4.98 Å². The molecule has 0 radical (unpaired) electrons. The molecule has 0 aliphatic heterocycles. The van der Waals surface area contributed by atoms with Gasteiger partial charge >= 0.3 is 0 Å². The molecule has 0 spiro atoms. The molecule has 0 amide bonds. The van der Waals surface area contributed by atoms with Crippen molar-refractivity contribution in [3.8, 4) is 11.1 Å². The van der Waals surface area contributed by atoms with Gasteiger partial charge in [0.25, 0.3) is 0 Å². The normalized spacial score (nSPS) is 11.4. The van der Waals surface area contributed by atoms with E-state index >= 15 is 0 Å². The van der Waals surface area contributed by atoms with Gasteiger partial charge in [0, 0.05) is 21.8 Å². The maximum Gasteiger partial charge on any atom is 0.123 e. The Morgan fingerprint density at radius 2 is 1.45 bits per heavy atom. The van der Waals surface area contributed by atoms with Crippen molar-refractivity contribution in [2.45, 2.75) is 13.8 Å². The predicted molar refractivity (Wildman–Crippen MR) is 90.7 cm³/mol. The average molecular weight is 289 g/mol. The Kier molecular flexibility index (Phi) is 2.80. The average Bonchev–Trinajstić information content (AvgIpc) is 2.91. The van der Waals surface area contributed by atoms with Crippen LogP contribution in [0.3, 0.4) is 0 Å². The van der Waals surface area contributed by atoms with Crippen LogP contribution in [0.5, 0.6) is 0 Å². The molecule has 1 aromatic heterocycles. The van der Waals surface area contributed by atoms with Gasteiger partial charge in [0.15, 0.2) is 0 Å². The maximum atomic E-state index is 13.1. The Morgan fingerprint density at radius 3 is 2.23 bits per heavy atom. The highest BCUT2D eigenvalue weighted by Crippen LogP contribution is 2.33. The highest BCUT2D eigenvalue weighted by Gasteiger charge is 2.10. The maximum absolute atomic E-state index is 13.1. The van der Waals surface area contributed by atoms with Gasteiger partial charge < -0.3 is 4.98 Å². The third-order valence-electron chi connectivity index (χ3n) is 4.35. The van der Waals surface area contributed by atoms with Gasteiger partial charge in [0.05, 0.1) is 0 Å². The Bertz CT molecular complexity index is 994. The number of rotatable bonds is 1. The van der Waals surface area contributed by atoms with Crippen molar-refractivity contribution in [1.29, 1.82) is 0 Å². The number of fused-ring (bicyclic) bond motifs is 3. The first kappa shape index (κ1) is 13.1. The smallest absolute Gasteiger partial charge is 0.123 e. The number of halogens is 1. The summed E-state index contributed by atoms with van der Waals surface area (Å²) in [6, 6.07) is 17.3. The van der Waals surface area contributed by atoms with E-state index in [4.69, 9.17) is 0 Å². The minimum Gasteiger partial charge on any atom is -0.354 e. The molecule has 0 bridgehead atoms. The van der Waals surface area contributed by atoms with Crippen molar-refractivity contribution < 1.29 is 4.39 Å². The molecule has 0 aliphatic carbocycles. The molecule has 0 saturated heterocycles. The summed E-state index contributed by atoms with van der Waals surface area (Å²) >= 11 is 0. The molecule has 4 aromatic rings. The van der Waals surface area contributed by atoms with Gasteiger partial charge in [-0.05, 0) is 60.4 Å². The molecule has 1 nitrogen and oxygen atoms in total. The third kappa shape index (κ3) is 1.92. The van der Waals surface area contributed by atoms with Crippen LogP contribution in [0.15, 0.2) is 54.6 Å². The van der Waals surface area contributed by atoms with E-state index < -0.39 is 0 Å². The molecule has 0 aliphatic rings. The molecule has 0 atom stereocenters. The highest BCUT2D eigenvalue weighted by atomic mass is 19.1. The SMILES string of the molecule is Cc1ccc(C)c2c1[nH]c1ccc(-c3ccc(F)cc3)cc12. The van der Waals surface area contributed by atoms with Crippen molar-refractivity contribution >= 4 is 21.8 Å². The fourth-order valence-corrected chi connectivity index (χ4v) is 3.14. The Balaban J connectivity index is 2.02. The summed E-state index contributed by atoms with van der Waals surface area (Å²) in [7, 11) is 0. The number of hydrogen-bond donors (Lipinski definition) is 1. The lowest BCUT2D eigenvalue weighted by Gasteiger charge is -2.03. The van der Waals surface area contributed by atoms with Gasteiger partial charge in [-0.15, -0.1) is 0 Å². The quantitative estimate of drug-likeness (QED) is 0.459. The van der Waals surface area contributed by atoms with Gasteiger partial charge in [-0.2, -0.15) is 0 Å². The largest absolute Gasteiger partial charge is 0.354 e. The second kappa shape index (κ2) is 4.70. The number of aryl methyl sites for hydroxylation is 2.